The highest BCUT2D eigenvalue weighted by Crippen LogP contribution is 2.31. The van der Waals surface area contributed by atoms with Gasteiger partial charge in [0.15, 0.2) is 5.65 Å². The van der Waals surface area contributed by atoms with Crippen molar-refractivity contribution in [3.63, 3.8) is 0 Å². The van der Waals surface area contributed by atoms with Crippen LogP contribution in [0, 0.1) is 6.92 Å². The molecule has 1 amide bonds. The number of carbonyl (C=O) groups excluding carboxylic acids is 1. The van der Waals surface area contributed by atoms with Gasteiger partial charge in [0.05, 0.1) is 10.7 Å². The summed E-state index contributed by atoms with van der Waals surface area (Å²) in [5.74, 6) is -0.242. The molecule has 0 aliphatic rings. The Morgan fingerprint density at radius 1 is 1.13 bits per heavy atom. The second-order valence-corrected chi connectivity index (χ2v) is 7.07. The summed E-state index contributed by atoms with van der Waals surface area (Å²) in [6.07, 6.45) is 1.41. The quantitative estimate of drug-likeness (QED) is 0.539. The maximum absolute atomic E-state index is 13.1. The van der Waals surface area contributed by atoms with Gasteiger partial charge in [-0.1, -0.05) is 35.0 Å². The molecule has 0 aliphatic carbocycles. The molecule has 0 saturated heterocycles. The maximum atomic E-state index is 13.1. The molecule has 3 heterocycles. The number of nitrogens with one attached hydrogen (secondary N) is 1. The summed E-state index contributed by atoms with van der Waals surface area (Å²) >= 11 is 6.26. The van der Waals surface area contributed by atoms with Gasteiger partial charge in [0.1, 0.15) is 22.4 Å². The van der Waals surface area contributed by atoms with E-state index in [0.29, 0.717) is 16.3 Å². The molecule has 10 heteroatoms. The number of amides is 1. The van der Waals surface area contributed by atoms with Crippen molar-refractivity contribution in [3.05, 3.63) is 73.7 Å². The number of aromatic nitrogens is 4. The molecule has 152 valence electrons. The molecule has 0 aliphatic heterocycles. The topological polar surface area (TPSA) is 112 Å². The summed E-state index contributed by atoms with van der Waals surface area (Å²) in [7, 11) is 2.87. The van der Waals surface area contributed by atoms with Gasteiger partial charge in [0.2, 0.25) is 0 Å². The van der Waals surface area contributed by atoms with Gasteiger partial charge in [-0.15, -0.1) is 0 Å². The molecule has 0 radical (unpaired) electrons. The molecule has 1 aromatic carbocycles. The van der Waals surface area contributed by atoms with Gasteiger partial charge in [0, 0.05) is 25.9 Å². The maximum Gasteiger partial charge on any atom is 0.332 e. The smallest absolute Gasteiger partial charge is 0.332 e. The first-order chi connectivity index (χ1) is 14.3. The zero-order valence-corrected chi connectivity index (χ0v) is 17.0. The average molecular weight is 426 g/mol. The Kier molecular flexibility index (Phi) is 4.75. The van der Waals surface area contributed by atoms with Crippen LogP contribution in [0.4, 0.5) is 5.69 Å². The number of fused-ring (bicyclic) bond motifs is 1. The van der Waals surface area contributed by atoms with Crippen molar-refractivity contribution in [3.8, 4) is 11.3 Å². The summed E-state index contributed by atoms with van der Waals surface area (Å²) in [4.78, 5) is 42.1. The predicted molar refractivity (Wildman–Crippen MR) is 112 cm³/mol. The second-order valence-electron chi connectivity index (χ2n) is 6.66. The second kappa shape index (κ2) is 7.27. The van der Waals surface area contributed by atoms with E-state index in [1.807, 2.05) is 0 Å². The summed E-state index contributed by atoms with van der Waals surface area (Å²) in [5, 5.41) is 7.24. The molecule has 9 nitrogen and oxygen atoms in total. The average Bonchev–Trinajstić information content (AvgIpc) is 3.12. The van der Waals surface area contributed by atoms with Crippen LogP contribution in [0.15, 0.2) is 50.6 Å². The van der Waals surface area contributed by atoms with Crippen LogP contribution in [0.3, 0.4) is 0 Å². The van der Waals surface area contributed by atoms with E-state index in [-0.39, 0.29) is 28.0 Å². The van der Waals surface area contributed by atoms with Gasteiger partial charge in [-0.25, -0.2) is 9.78 Å². The van der Waals surface area contributed by atoms with Crippen molar-refractivity contribution in [2.45, 2.75) is 6.92 Å². The minimum Gasteiger partial charge on any atom is -0.360 e. The van der Waals surface area contributed by atoms with Crippen LogP contribution < -0.4 is 16.6 Å². The van der Waals surface area contributed by atoms with Crippen LogP contribution in [0.5, 0.6) is 0 Å². The summed E-state index contributed by atoms with van der Waals surface area (Å²) in [5.41, 5.74) is 0.313. The summed E-state index contributed by atoms with van der Waals surface area (Å²) < 4.78 is 7.44. The lowest BCUT2D eigenvalue weighted by molar-refractivity contribution is 0.102. The van der Waals surface area contributed by atoms with E-state index in [4.69, 9.17) is 16.1 Å². The first kappa shape index (κ1) is 19.6. The van der Waals surface area contributed by atoms with E-state index >= 15 is 0 Å². The fraction of sp³-hybridized carbons (Fsp3) is 0.150. The highest BCUT2D eigenvalue weighted by molar-refractivity contribution is 6.33. The highest BCUT2D eigenvalue weighted by Gasteiger charge is 2.24. The normalized spacial score (nSPS) is 11.1. The lowest BCUT2D eigenvalue weighted by atomic mass is 10.1. The van der Waals surface area contributed by atoms with Gasteiger partial charge in [0.25, 0.3) is 11.5 Å². The molecule has 4 rings (SSSR count). The van der Waals surface area contributed by atoms with Crippen LogP contribution in [0.2, 0.25) is 5.02 Å². The summed E-state index contributed by atoms with van der Waals surface area (Å²) in [6, 6.07) is 8.44. The zero-order valence-electron chi connectivity index (χ0n) is 16.3. The molecule has 0 bridgehead atoms. The number of halogens is 1. The number of nitrogens with zero attached hydrogens (tertiary/aromatic N) is 4. The Hall–Kier alpha value is -3.72. The van der Waals surface area contributed by atoms with Crippen LogP contribution in [0.25, 0.3) is 22.3 Å². The minimum absolute atomic E-state index is 0.115. The van der Waals surface area contributed by atoms with E-state index in [1.165, 1.54) is 30.9 Å². The van der Waals surface area contributed by atoms with Crippen LogP contribution in [0.1, 0.15) is 16.1 Å². The highest BCUT2D eigenvalue weighted by atomic mass is 35.5. The molecule has 0 saturated carbocycles. The number of carbonyl (C=O) groups is 1. The van der Waals surface area contributed by atoms with Crippen molar-refractivity contribution < 1.29 is 9.32 Å². The van der Waals surface area contributed by atoms with Crippen molar-refractivity contribution >= 4 is 34.2 Å². The van der Waals surface area contributed by atoms with Crippen LogP contribution in [-0.4, -0.2) is 25.2 Å². The van der Waals surface area contributed by atoms with Crippen LogP contribution >= 0.6 is 11.6 Å². The fourth-order valence-corrected chi connectivity index (χ4v) is 3.48. The Bertz CT molecular complexity index is 1430. The molecule has 0 unspecified atom stereocenters. The fourth-order valence-electron chi connectivity index (χ4n) is 3.25. The number of rotatable bonds is 3. The number of hydrogen-bond acceptors (Lipinski definition) is 6. The van der Waals surface area contributed by atoms with Crippen molar-refractivity contribution in [2.75, 3.05) is 5.32 Å². The van der Waals surface area contributed by atoms with Gasteiger partial charge in [-0.2, -0.15) is 0 Å². The Labute approximate surface area is 174 Å². The number of benzene rings is 1. The van der Waals surface area contributed by atoms with Gasteiger partial charge in [-0.3, -0.25) is 18.7 Å². The molecule has 0 spiro atoms. The summed E-state index contributed by atoms with van der Waals surface area (Å²) in [6.45, 7) is 1.61. The third-order valence-corrected chi connectivity index (χ3v) is 5.14. The van der Waals surface area contributed by atoms with Gasteiger partial charge in [-0.05, 0) is 19.1 Å². The van der Waals surface area contributed by atoms with E-state index in [2.05, 4.69) is 15.5 Å². The monoisotopic (exact) mass is 425 g/mol. The van der Waals surface area contributed by atoms with E-state index in [1.54, 1.807) is 31.2 Å². The van der Waals surface area contributed by atoms with Crippen LogP contribution in [-0.2, 0) is 14.1 Å². The molecule has 0 atom stereocenters. The number of anilines is 1. The molecular weight excluding hydrogens is 410 g/mol. The largest absolute Gasteiger partial charge is 0.360 e. The van der Waals surface area contributed by atoms with Crippen molar-refractivity contribution in [2.24, 2.45) is 14.1 Å². The van der Waals surface area contributed by atoms with Crippen molar-refractivity contribution in [1.29, 1.82) is 0 Å². The van der Waals surface area contributed by atoms with Gasteiger partial charge < -0.3 is 9.84 Å². The van der Waals surface area contributed by atoms with E-state index in [9.17, 15) is 14.4 Å². The van der Waals surface area contributed by atoms with E-state index in [0.717, 1.165) is 4.57 Å². The lowest BCUT2D eigenvalue weighted by Crippen LogP contribution is -2.37. The Balaban J connectivity index is 1.85. The standard InChI is InChI=1S/C20H16ClN5O4/c1-10-14(16(24-30-10)11-6-4-5-7-12(11)21)18(27)23-13-8-9-22-17-15(13)19(28)26(3)20(29)25(17)2/h4-9H,1-3H3,(H,22,23,27). The SMILES string of the molecule is Cc1onc(-c2ccccc2Cl)c1C(=O)Nc1ccnc2c1c(=O)n(C)c(=O)n2C. The molecule has 30 heavy (non-hydrogen) atoms. The Morgan fingerprint density at radius 3 is 2.60 bits per heavy atom. The van der Waals surface area contributed by atoms with Gasteiger partial charge >= 0.3 is 5.69 Å². The first-order valence-electron chi connectivity index (χ1n) is 8.88. The number of pyridine rings is 1. The molecule has 0 fully saturated rings. The molecule has 3 aromatic heterocycles. The Morgan fingerprint density at radius 2 is 1.87 bits per heavy atom. The van der Waals surface area contributed by atoms with Crippen molar-refractivity contribution in [1.82, 2.24) is 19.3 Å². The molecule has 1 N–H and O–H groups in total. The minimum atomic E-state index is -0.565. The number of aryl methyl sites for hydroxylation is 2. The third-order valence-electron chi connectivity index (χ3n) is 4.81. The molecular formula is C20H16ClN5O4. The van der Waals surface area contributed by atoms with E-state index < -0.39 is 17.2 Å². The molecule has 4 aromatic rings. The first-order valence-corrected chi connectivity index (χ1v) is 9.26. The zero-order chi connectivity index (χ0) is 21.6. The number of hydrogen-bond donors (Lipinski definition) is 1. The lowest BCUT2D eigenvalue weighted by Gasteiger charge is -2.11. The third kappa shape index (κ3) is 3.00. The predicted octanol–water partition coefficient (Wildman–Crippen LogP) is 2.50.